The van der Waals surface area contributed by atoms with Crippen LogP contribution in [-0.4, -0.2) is 71.1 Å². The molecule has 1 saturated heterocycles. The van der Waals surface area contributed by atoms with Gasteiger partial charge in [0.2, 0.25) is 0 Å². The third kappa shape index (κ3) is 7.40. The van der Waals surface area contributed by atoms with Crippen molar-refractivity contribution >= 4 is 26.5 Å². The summed E-state index contributed by atoms with van der Waals surface area (Å²) in [4.78, 5) is 15.1. The van der Waals surface area contributed by atoms with E-state index in [4.69, 9.17) is 18.6 Å². The van der Waals surface area contributed by atoms with Crippen LogP contribution in [0.15, 0.2) is 96.6 Å². The Kier molecular flexibility index (Phi) is 9.71. The smallest absolute Gasteiger partial charge is 0.415 e. The van der Waals surface area contributed by atoms with Gasteiger partial charge in [0.15, 0.2) is 0 Å². The molecule has 246 valence electrons. The van der Waals surface area contributed by atoms with Crippen LogP contribution in [0.5, 0.6) is 11.6 Å². The number of anilines is 1. The number of nitrogens with zero attached hydrogens (tertiary/aromatic N) is 3. The summed E-state index contributed by atoms with van der Waals surface area (Å²) >= 11 is 0. The van der Waals surface area contributed by atoms with Gasteiger partial charge in [0.1, 0.15) is 24.5 Å². The maximum Gasteiger partial charge on any atom is 0.415 e. The van der Waals surface area contributed by atoms with Gasteiger partial charge in [-0.25, -0.2) is 13.2 Å². The molecule has 0 bridgehead atoms. The van der Waals surface area contributed by atoms with Crippen LogP contribution < -0.4 is 25.3 Å². The number of hydrogen-bond donors (Lipinski definition) is 1. The van der Waals surface area contributed by atoms with E-state index in [1.165, 1.54) is 24.3 Å². The van der Waals surface area contributed by atoms with Crippen LogP contribution in [-0.2, 0) is 21.0 Å². The minimum Gasteiger partial charge on any atom is -0.490 e. The number of rotatable bonds is 13. The maximum atomic E-state index is 13.0. The molecule has 0 amide bonds. The Morgan fingerprint density at radius 1 is 1.00 bits per heavy atom. The van der Waals surface area contributed by atoms with Crippen molar-refractivity contribution in [2.45, 2.75) is 23.3 Å². The van der Waals surface area contributed by atoms with E-state index in [1.807, 2.05) is 37.3 Å². The number of morpholine rings is 1. The molecule has 13 nitrogen and oxygen atoms in total. The molecule has 2 aromatic heterocycles. The van der Waals surface area contributed by atoms with E-state index in [0.717, 1.165) is 61.6 Å². The van der Waals surface area contributed by atoms with E-state index in [-0.39, 0.29) is 23.0 Å². The zero-order valence-corrected chi connectivity index (χ0v) is 26.5. The van der Waals surface area contributed by atoms with Gasteiger partial charge in [0, 0.05) is 55.3 Å². The highest BCUT2D eigenvalue weighted by molar-refractivity contribution is 7.91. The van der Waals surface area contributed by atoms with Crippen LogP contribution >= 0.6 is 0 Å². The second-order valence-electron chi connectivity index (χ2n) is 11.0. The first-order valence-electron chi connectivity index (χ1n) is 15.1. The van der Waals surface area contributed by atoms with Crippen LogP contribution in [0.1, 0.15) is 16.7 Å². The monoisotopic (exact) mass is 662 g/mol. The third-order valence-electron chi connectivity index (χ3n) is 7.90. The second kappa shape index (κ2) is 14.2. The molecule has 0 unspecified atom stereocenters. The quantitative estimate of drug-likeness (QED) is 0.111. The van der Waals surface area contributed by atoms with Crippen LogP contribution in [0.3, 0.4) is 0 Å². The lowest BCUT2D eigenvalue weighted by Gasteiger charge is -2.26. The van der Waals surface area contributed by atoms with Crippen molar-refractivity contribution in [3.8, 4) is 11.6 Å². The topological polar surface area (TPSA) is 160 Å². The minimum atomic E-state index is -4.23. The molecule has 0 radical (unpaired) electrons. The molecule has 3 heterocycles. The molecular weight excluding hydrogens is 628 g/mol. The summed E-state index contributed by atoms with van der Waals surface area (Å²) in [7, 11) is -4.23. The summed E-state index contributed by atoms with van der Waals surface area (Å²) in [6.45, 7) is 7.00. The molecular formula is C33H34N4O9S. The van der Waals surface area contributed by atoms with E-state index in [9.17, 15) is 18.4 Å². The number of sulfone groups is 1. The second-order valence-corrected chi connectivity index (χ2v) is 12.8. The highest BCUT2D eigenvalue weighted by Gasteiger charge is 2.35. The van der Waals surface area contributed by atoms with Gasteiger partial charge in [0.05, 0.1) is 23.3 Å². The predicted molar refractivity (Wildman–Crippen MR) is 171 cm³/mol. The van der Waals surface area contributed by atoms with Crippen LogP contribution in [0.4, 0.5) is 5.69 Å². The van der Waals surface area contributed by atoms with E-state index >= 15 is 0 Å². The molecule has 47 heavy (non-hydrogen) atoms. The Hall–Kier alpha value is -4.92. The summed E-state index contributed by atoms with van der Waals surface area (Å²) < 4.78 is 52.6. The van der Waals surface area contributed by atoms with Gasteiger partial charge >= 0.3 is 16.5 Å². The average Bonchev–Trinajstić information content (AvgIpc) is 3.47. The lowest BCUT2D eigenvalue weighted by molar-refractivity contribution is -0.832. The summed E-state index contributed by atoms with van der Waals surface area (Å²) in [6, 6.07) is 20.6. The van der Waals surface area contributed by atoms with E-state index in [2.05, 4.69) is 20.0 Å². The zero-order valence-electron chi connectivity index (χ0n) is 25.7. The van der Waals surface area contributed by atoms with Crippen LogP contribution in [0.25, 0.3) is 11.0 Å². The minimum absolute atomic E-state index is 0.0264. The molecule has 0 spiro atoms. The Morgan fingerprint density at radius 3 is 2.51 bits per heavy atom. The molecule has 1 aliphatic rings. The summed E-state index contributed by atoms with van der Waals surface area (Å²) in [5.41, 5.74) is 3.37. The molecule has 1 N–H and O–H groups in total. The van der Waals surface area contributed by atoms with Crippen molar-refractivity contribution in [3.05, 3.63) is 105 Å². The highest BCUT2D eigenvalue weighted by atomic mass is 32.2. The van der Waals surface area contributed by atoms with Crippen molar-refractivity contribution in [2.75, 3.05) is 57.9 Å². The normalized spacial score (nSPS) is 13.9. The van der Waals surface area contributed by atoms with Gasteiger partial charge in [-0.2, -0.15) is 0 Å². The zero-order chi connectivity index (χ0) is 32.8. The van der Waals surface area contributed by atoms with Crippen molar-refractivity contribution in [1.29, 1.82) is 0 Å². The lowest BCUT2D eigenvalue weighted by Crippen LogP contribution is -2.38. The molecule has 3 aromatic carbocycles. The Bertz CT molecular complexity index is 1990. The number of benzene rings is 3. The molecule has 0 atom stereocenters. The van der Waals surface area contributed by atoms with Gasteiger partial charge in [-0.3, -0.25) is 9.53 Å². The van der Waals surface area contributed by atoms with Gasteiger partial charge < -0.3 is 29.2 Å². The van der Waals surface area contributed by atoms with Crippen LogP contribution in [0, 0.1) is 12.1 Å². The molecule has 0 saturated carbocycles. The highest BCUT2D eigenvalue weighted by Crippen LogP contribution is 2.27. The molecule has 6 rings (SSSR count). The first-order chi connectivity index (χ1) is 22.8. The Labute approximate surface area is 270 Å². The third-order valence-corrected chi connectivity index (χ3v) is 9.63. The fourth-order valence-electron chi connectivity index (χ4n) is 5.33. The first-order valence-corrected chi connectivity index (χ1v) is 16.6. The largest absolute Gasteiger partial charge is 0.490 e. The van der Waals surface area contributed by atoms with Crippen molar-refractivity contribution in [2.24, 2.45) is 0 Å². The molecule has 5 aromatic rings. The fraction of sp³-hybridized carbons (Fsp3) is 0.303. The van der Waals surface area contributed by atoms with Gasteiger partial charge in [-0.1, -0.05) is 30.3 Å². The molecule has 0 aliphatic carbocycles. The standard InChI is InChI=1S/C33H34N4O9S/c1-23-28-12-11-26(43-19-20-44-31-32(37(39)46-35-31)47(40,41)27-5-3-2-4-6-27)22-30(28)45-33(38)29(23)21-24-7-9-25(10-8-24)34-13-14-36-15-17-42-18-16-36/h2-12,22,34H,13-21H2,1H3. The van der Waals surface area contributed by atoms with Gasteiger partial charge in [-0.15, -0.1) is 0 Å². The number of nitrogens with one attached hydrogen (secondary N) is 1. The average molecular weight is 663 g/mol. The Balaban J connectivity index is 1.05. The van der Waals surface area contributed by atoms with Crippen molar-refractivity contribution in [1.82, 2.24) is 10.1 Å². The molecule has 14 heteroatoms. The SMILES string of the molecule is Cc1c(Cc2ccc(NCCN3CCOCC3)cc2)c(=O)oc2cc(OCCOc3no[n+]([O-])c3S(=O)(=O)c3ccccc3)ccc12. The number of aryl methyl sites for hydroxylation is 1. The molecule has 1 fully saturated rings. The number of aromatic nitrogens is 2. The number of fused-ring (bicyclic) bond motifs is 1. The van der Waals surface area contributed by atoms with Gasteiger partial charge in [0.25, 0.3) is 9.84 Å². The number of hydrogen-bond acceptors (Lipinski definition) is 12. The predicted octanol–water partition coefficient (Wildman–Crippen LogP) is 3.35. The molecule has 1 aliphatic heterocycles. The summed E-state index contributed by atoms with van der Waals surface area (Å²) in [6.07, 6.45) is 0.432. The summed E-state index contributed by atoms with van der Waals surface area (Å²) in [5, 5.41) is 19.0. The summed E-state index contributed by atoms with van der Waals surface area (Å²) in [5.74, 6) is -0.0703. The van der Waals surface area contributed by atoms with Gasteiger partial charge in [-0.05, 0) is 59.4 Å². The number of ether oxygens (including phenoxy) is 3. The van der Waals surface area contributed by atoms with E-state index in [1.54, 1.807) is 18.2 Å². The Morgan fingerprint density at radius 2 is 1.74 bits per heavy atom. The van der Waals surface area contributed by atoms with Crippen molar-refractivity contribution < 1.29 is 36.6 Å². The fourth-order valence-corrected chi connectivity index (χ4v) is 6.63. The maximum absolute atomic E-state index is 13.0. The van der Waals surface area contributed by atoms with E-state index in [0.29, 0.717) is 23.3 Å². The van der Waals surface area contributed by atoms with Crippen LogP contribution in [0.2, 0.25) is 0 Å². The first kappa shape index (κ1) is 32.0. The van der Waals surface area contributed by atoms with Crippen molar-refractivity contribution in [3.63, 3.8) is 0 Å². The lowest BCUT2D eigenvalue weighted by atomic mass is 9.99. The van der Waals surface area contributed by atoms with E-state index < -0.39 is 26.4 Å².